The van der Waals surface area contributed by atoms with E-state index in [1.54, 1.807) is 4.90 Å². The summed E-state index contributed by atoms with van der Waals surface area (Å²) in [5.74, 6) is -0.375. The van der Waals surface area contributed by atoms with Crippen LogP contribution in [0.4, 0.5) is 4.79 Å². The van der Waals surface area contributed by atoms with Crippen LogP contribution in [0.15, 0.2) is 0 Å². The molecular weight excluding hydrogens is 248 g/mol. The summed E-state index contributed by atoms with van der Waals surface area (Å²) in [6.07, 6.45) is 2.24. The molecule has 2 aliphatic rings. The van der Waals surface area contributed by atoms with E-state index in [2.05, 4.69) is 5.32 Å². The Kier molecular flexibility index (Phi) is 4.29. The summed E-state index contributed by atoms with van der Waals surface area (Å²) in [5, 5.41) is 21.4. The molecule has 1 aliphatic heterocycles. The number of carbonyl (C=O) groups excluding carboxylic acids is 1. The van der Waals surface area contributed by atoms with Gasteiger partial charge in [0.2, 0.25) is 0 Å². The maximum atomic E-state index is 12.1. The minimum atomic E-state index is -0.885. The van der Waals surface area contributed by atoms with Crippen LogP contribution in [0.25, 0.3) is 0 Å². The average molecular weight is 270 g/mol. The van der Waals surface area contributed by atoms with E-state index in [1.165, 1.54) is 0 Å². The van der Waals surface area contributed by atoms with Crippen LogP contribution >= 0.6 is 0 Å². The highest BCUT2D eigenvalue weighted by Gasteiger charge is 2.35. The molecule has 3 atom stereocenters. The number of β-amino-alcohol motifs (C(OH)–C–C–N with tert-alkyl or cyclic N) is 1. The molecule has 2 fully saturated rings. The second-order valence-electron chi connectivity index (χ2n) is 5.77. The number of aliphatic hydroxyl groups is 1. The van der Waals surface area contributed by atoms with Crippen LogP contribution in [-0.4, -0.2) is 52.3 Å². The molecule has 0 aromatic rings. The standard InChI is InChI=1S/C13H22N2O4/c1-8-4-5-15(7-11(8)16)13(19)14-10(6-12(17)18)9-2-3-9/h8-11,16H,2-7H2,1H3,(H,14,19)(H,17,18). The lowest BCUT2D eigenvalue weighted by Crippen LogP contribution is -2.52. The summed E-state index contributed by atoms with van der Waals surface area (Å²) in [6, 6.07) is -0.523. The Morgan fingerprint density at radius 3 is 2.58 bits per heavy atom. The Balaban J connectivity index is 1.86. The van der Waals surface area contributed by atoms with Crippen LogP contribution in [0.1, 0.15) is 32.6 Å². The molecule has 0 spiro atoms. The van der Waals surface area contributed by atoms with Crippen LogP contribution in [0.2, 0.25) is 0 Å². The quantitative estimate of drug-likeness (QED) is 0.699. The number of hydrogen-bond acceptors (Lipinski definition) is 3. The lowest BCUT2D eigenvalue weighted by molar-refractivity contribution is -0.137. The first-order valence-corrected chi connectivity index (χ1v) is 6.92. The average Bonchev–Trinajstić information content (AvgIpc) is 3.15. The Hall–Kier alpha value is -1.30. The van der Waals surface area contributed by atoms with E-state index < -0.39 is 12.1 Å². The molecule has 108 valence electrons. The molecule has 2 amide bonds. The maximum Gasteiger partial charge on any atom is 0.317 e. The molecule has 3 N–H and O–H groups in total. The molecule has 6 nitrogen and oxygen atoms in total. The molecular formula is C13H22N2O4. The molecule has 19 heavy (non-hydrogen) atoms. The topological polar surface area (TPSA) is 89.9 Å². The highest BCUT2D eigenvalue weighted by Crippen LogP contribution is 2.34. The highest BCUT2D eigenvalue weighted by atomic mass is 16.4. The Labute approximate surface area is 112 Å². The van der Waals surface area contributed by atoms with Crippen molar-refractivity contribution in [2.75, 3.05) is 13.1 Å². The fourth-order valence-corrected chi connectivity index (χ4v) is 2.51. The van der Waals surface area contributed by atoms with E-state index in [0.717, 1.165) is 19.3 Å². The van der Waals surface area contributed by atoms with Crippen LogP contribution in [0.5, 0.6) is 0 Å². The first-order valence-electron chi connectivity index (χ1n) is 6.92. The van der Waals surface area contributed by atoms with Gasteiger partial charge in [0.05, 0.1) is 12.5 Å². The zero-order chi connectivity index (χ0) is 14.0. The third-order valence-electron chi connectivity index (χ3n) is 4.10. The van der Waals surface area contributed by atoms with E-state index in [1.807, 2.05) is 6.92 Å². The second-order valence-corrected chi connectivity index (χ2v) is 5.77. The lowest BCUT2D eigenvalue weighted by atomic mass is 9.96. The summed E-state index contributed by atoms with van der Waals surface area (Å²) < 4.78 is 0. The molecule has 0 radical (unpaired) electrons. The van der Waals surface area contributed by atoms with Crippen molar-refractivity contribution in [3.8, 4) is 0 Å². The van der Waals surface area contributed by atoms with Crippen molar-refractivity contribution < 1.29 is 19.8 Å². The minimum absolute atomic E-state index is 0.0246. The SMILES string of the molecule is CC1CCN(C(=O)NC(CC(=O)O)C2CC2)CC1O. The number of likely N-dealkylation sites (tertiary alicyclic amines) is 1. The van der Waals surface area contributed by atoms with Gasteiger partial charge in [-0.3, -0.25) is 4.79 Å². The predicted octanol–water partition coefficient (Wildman–Crippen LogP) is 0.652. The molecule has 0 aromatic heterocycles. The number of carboxylic acid groups (broad SMARTS) is 1. The first-order chi connectivity index (χ1) is 8.97. The largest absolute Gasteiger partial charge is 0.481 e. The number of amides is 2. The molecule has 6 heteroatoms. The number of carboxylic acids is 1. The van der Waals surface area contributed by atoms with E-state index in [0.29, 0.717) is 19.0 Å². The van der Waals surface area contributed by atoms with Gasteiger partial charge in [0.15, 0.2) is 0 Å². The van der Waals surface area contributed by atoms with Gasteiger partial charge in [0.1, 0.15) is 0 Å². The number of carbonyl (C=O) groups is 2. The van der Waals surface area contributed by atoms with Gasteiger partial charge < -0.3 is 20.4 Å². The third-order valence-corrected chi connectivity index (χ3v) is 4.10. The molecule has 1 saturated heterocycles. The summed E-state index contributed by atoms with van der Waals surface area (Å²) in [6.45, 7) is 2.92. The second kappa shape index (κ2) is 5.77. The Bertz CT molecular complexity index is 357. The molecule has 0 aromatic carbocycles. The van der Waals surface area contributed by atoms with Crippen LogP contribution < -0.4 is 5.32 Å². The van der Waals surface area contributed by atoms with Gasteiger partial charge in [0.25, 0.3) is 0 Å². The van der Waals surface area contributed by atoms with Crippen molar-refractivity contribution >= 4 is 12.0 Å². The fraction of sp³-hybridized carbons (Fsp3) is 0.846. The van der Waals surface area contributed by atoms with Gasteiger partial charge in [-0.1, -0.05) is 6.92 Å². The molecule has 1 saturated carbocycles. The van der Waals surface area contributed by atoms with Crippen molar-refractivity contribution in [3.05, 3.63) is 0 Å². The summed E-state index contributed by atoms with van der Waals surface area (Å²) >= 11 is 0. The first kappa shape index (κ1) is 14.1. The number of aliphatic hydroxyl groups excluding tert-OH is 1. The summed E-state index contributed by atoms with van der Waals surface area (Å²) in [5.41, 5.74) is 0. The van der Waals surface area contributed by atoms with E-state index >= 15 is 0 Å². The van der Waals surface area contributed by atoms with Gasteiger partial charge in [-0.05, 0) is 31.1 Å². The number of aliphatic carboxylic acids is 1. The van der Waals surface area contributed by atoms with Crippen LogP contribution in [0, 0.1) is 11.8 Å². The molecule has 2 rings (SSSR count). The Morgan fingerprint density at radius 2 is 2.05 bits per heavy atom. The van der Waals surface area contributed by atoms with Crippen LogP contribution in [-0.2, 0) is 4.79 Å². The number of hydrogen-bond donors (Lipinski definition) is 3. The molecule has 1 aliphatic carbocycles. The van der Waals surface area contributed by atoms with Gasteiger partial charge in [-0.15, -0.1) is 0 Å². The fourth-order valence-electron chi connectivity index (χ4n) is 2.51. The van der Waals surface area contributed by atoms with Gasteiger partial charge >= 0.3 is 12.0 Å². The molecule has 1 heterocycles. The predicted molar refractivity (Wildman–Crippen MR) is 68.7 cm³/mol. The monoisotopic (exact) mass is 270 g/mol. The van der Waals surface area contributed by atoms with E-state index in [9.17, 15) is 14.7 Å². The lowest BCUT2D eigenvalue weighted by Gasteiger charge is -2.35. The Morgan fingerprint density at radius 1 is 1.37 bits per heavy atom. The van der Waals surface area contributed by atoms with E-state index in [4.69, 9.17) is 5.11 Å². The third kappa shape index (κ3) is 3.83. The highest BCUT2D eigenvalue weighted by molar-refractivity contribution is 5.76. The smallest absolute Gasteiger partial charge is 0.317 e. The van der Waals surface area contributed by atoms with E-state index in [-0.39, 0.29) is 24.4 Å². The number of rotatable bonds is 4. The van der Waals surface area contributed by atoms with Crippen molar-refractivity contribution in [1.82, 2.24) is 10.2 Å². The van der Waals surface area contributed by atoms with Crippen molar-refractivity contribution in [2.45, 2.75) is 44.8 Å². The van der Waals surface area contributed by atoms with Gasteiger partial charge in [-0.2, -0.15) is 0 Å². The van der Waals surface area contributed by atoms with Crippen molar-refractivity contribution in [2.24, 2.45) is 11.8 Å². The zero-order valence-electron chi connectivity index (χ0n) is 11.2. The number of urea groups is 1. The van der Waals surface area contributed by atoms with Crippen molar-refractivity contribution in [1.29, 1.82) is 0 Å². The normalized spacial score (nSPS) is 28.8. The number of nitrogens with zero attached hydrogens (tertiary/aromatic N) is 1. The van der Waals surface area contributed by atoms with Gasteiger partial charge in [-0.25, -0.2) is 4.79 Å². The van der Waals surface area contributed by atoms with Crippen LogP contribution in [0.3, 0.4) is 0 Å². The molecule has 3 unspecified atom stereocenters. The van der Waals surface area contributed by atoms with Gasteiger partial charge in [0, 0.05) is 19.1 Å². The maximum absolute atomic E-state index is 12.1. The number of nitrogens with one attached hydrogen (secondary N) is 1. The minimum Gasteiger partial charge on any atom is -0.481 e. The number of piperidine rings is 1. The molecule has 0 bridgehead atoms. The summed E-state index contributed by atoms with van der Waals surface area (Å²) in [4.78, 5) is 24.5. The summed E-state index contributed by atoms with van der Waals surface area (Å²) in [7, 11) is 0. The zero-order valence-corrected chi connectivity index (χ0v) is 11.2. The van der Waals surface area contributed by atoms with Crippen molar-refractivity contribution in [3.63, 3.8) is 0 Å².